The lowest BCUT2D eigenvalue weighted by molar-refractivity contribution is 0.128. The van der Waals surface area contributed by atoms with E-state index in [0.717, 1.165) is 5.75 Å². The highest BCUT2D eigenvalue weighted by Gasteiger charge is 2.12. The van der Waals surface area contributed by atoms with Gasteiger partial charge in [0.1, 0.15) is 11.5 Å². The number of rotatable bonds is 5. The number of benzene rings is 2. The molecule has 0 aromatic heterocycles. The van der Waals surface area contributed by atoms with Crippen LogP contribution in [0.5, 0.6) is 11.5 Å². The summed E-state index contributed by atoms with van der Waals surface area (Å²) >= 11 is 0. The number of hydrogen-bond acceptors (Lipinski definition) is 2. The lowest BCUT2D eigenvalue weighted by Crippen LogP contribution is -2.13. The Morgan fingerprint density at radius 1 is 0.900 bits per heavy atom. The van der Waals surface area contributed by atoms with Gasteiger partial charge in [0.2, 0.25) is 6.43 Å². The molecule has 2 N–H and O–H groups in total. The fraction of sp³-hybridized carbons (Fsp3) is 0.200. The first-order valence-corrected chi connectivity index (χ1v) is 6.02. The van der Waals surface area contributed by atoms with Crippen LogP contribution >= 0.6 is 12.4 Å². The Morgan fingerprint density at radius 2 is 1.45 bits per heavy atom. The Bertz CT molecular complexity index is 505. The van der Waals surface area contributed by atoms with Crippen molar-refractivity contribution in [1.82, 2.24) is 0 Å². The fourth-order valence-electron chi connectivity index (χ4n) is 1.74. The van der Waals surface area contributed by atoms with Gasteiger partial charge in [0.15, 0.2) is 0 Å². The van der Waals surface area contributed by atoms with Crippen LogP contribution in [0.15, 0.2) is 54.6 Å². The quantitative estimate of drug-likeness (QED) is 0.878. The highest BCUT2D eigenvalue weighted by atomic mass is 35.5. The summed E-state index contributed by atoms with van der Waals surface area (Å²) in [5.74, 6) is 1.38. The molecule has 0 aliphatic heterocycles. The van der Waals surface area contributed by atoms with E-state index < -0.39 is 12.5 Å². The first-order valence-electron chi connectivity index (χ1n) is 6.02. The van der Waals surface area contributed by atoms with Crippen molar-refractivity contribution >= 4 is 12.4 Å². The molecule has 0 heterocycles. The average Bonchev–Trinajstić information content (AvgIpc) is 2.40. The van der Waals surface area contributed by atoms with E-state index in [-0.39, 0.29) is 18.8 Å². The molecule has 2 aromatic carbocycles. The van der Waals surface area contributed by atoms with Gasteiger partial charge in [0.05, 0.1) is 0 Å². The molecule has 20 heavy (non-hydrogen) atoms. The predicted molar refractivity (Wildman–Crippen MR) is 77.8 cm³/mol. The number of para-hydroxylation sites is 1. The van der Waals surface area contributed by atoms with Crippen molar-refractivity contribution in [2.45, 2.75) is 18.9 Å². The minimum atomic E-state index is -2.39. The first kappa shape index (κ1) is 16.4. The van der Waals surface area contributed by atoms with E-state index in [0.29, 0.717) is 11.3 Å². The smallest absolute Gasteiger partial charge is 0.240 e. The molecule has 0 aliphatic rings. The second kappa shape index (κ2) is 7.82. The molecule has 0 unspecified atom stereocenters. The normalized spacial score (nSPS) is 11.8. The van der Waals surface area contributed by atoms with Crippen molar-refractivity contribution in [3.63, 3.8) is 0 Å². The molecule has 0 radical (unpaired) electrons. The highest BCUT2D eigenvalue weighted by Crippen LogP contribution is 2.24. The molecule has 5 heteroatoms. The molecule has 0 fully saturated rings. The predicted octanol–water partition coefficient (Wildman–Crippen LogP) is 4.56. The van der Waals surface area contributed by atoms with E-state index >= 15 is 0 Å². The SMILES string of the molecule is Cl.N[C@H](CC(F)F)c1ccc(Oc2ccccc2)cc1. The number of halogens is 3. The van der Waals surface area contributed by atoms with Crippen LogP contribution in [0.4, 0.5) is 8.78 Å². The van der Waals surface area contributed by atoms with Gasteiger partial charge in [-0.25, -0.2) is 8.78 Å². The van der Waals surface area contributed by atoms with Crippen molar-refractivity contribution in [1.29, 1.82) is 0 Å². The zero-order valence-corrected chi connectivity index (χ0v) is 11.5. The molecule has 2 rings (SSSR count). The van der Waals surface area contributed by atoms with Crippen LogP contribution in [0.25, 0.3) is 0 Å². The fourth-order valence-corrected chi connectivity index (χ4v) is 1.74. The Hall–Kier alpha value is -1.65. The number of ether oxygens (including phenoxy) is 1. The third kappa shape index (κ3) is 4.79. The van der Waals surface area contributed by atoms with Gasteiger partial charge in [-0.2, -0.15) is 0 Å². The summed E-state index contributed by atoms with van der Waals surface area (Å²) in [6.07, 6.45) is -2.73. The largest absolute Gasteiger partial charge is 0.457 e. The molecule has 0 spiro atoms. The maximum atomic E-state index is 12.2. The van der Waals surface area contributed by atoms with E-state index in [1.807, 2.05) is 30.3 Å². The van der Waals surface area contributed by atoms with Gasteiger partial charge >= 0.3 is 0 Å². The standard InChI is InChI=1S/C15H15F2NO.ClH/c16-15(17)10-14(18)11-6-8-13(9-7-11)19-12-4-2-1-3-5-12;/h1-9,14-15H,10,18H2;1H/t14-;/m1./s1. The lowest BCUT2D eigenvalue weighted by atomic mass is 10.1. The molecular formula is C15H16ClF2NO. The van der Waals surface area contributed by atoms with Crippen molar-refractivity contribution in [2.75, 3.05) is 0 Å². The van der Waals surface area contributed by atoms with E-state index in [9.17, 15) is 8.78 Å². The van der Waals surface area contributed by atoms with Crippen LogP contribution < -0.4 is 10.5 Å². The summed E-state index contributed by atoms with van der Waals surface area (Å²) in [5.41, 5.74) is 6.36. The average molecular weight is 300 g/mol. The zero-order valence-electron chi connectivity index (χ0n) is 10.7. The third-order valence-electron chi connectivity index (χ3n) is 2.72. The highest BCUT2D eigenvalue weighted by molar-refractivity contribution is 5.85. The molecule has 2 nitrogen and oxygen atoms in total. The summed E-state index contributed by atoms with van der Waals surface area (Å²) in [5, 5.41) is 0. The van der Waals surface area contributed by atoms with Gasteiger partial charge < -0.3 is 10.5 Å². The summed E-state index contributed by atoms with van der Waals surface area (Å²) < 4.78 is 30.1. The second-order valence-electron chi connectivity index (χ2n) is 4.22. The molecule has 0 aliphatic carbocycles. The van der Waals surface area contributed by atoms with Crippen LogP contribution in [-0.2, 0) is 0 Å². The van der Waals surface area contributed by atoms with Crippen molar-refractivity contribution in [2.24, 2.45) is 5.73 Å². The molecule has 0 amide bonds. The van der Waals surface area contributed by atoms with E-state index in [1.165, 1.54) is 0 Å². The Morgan fingerprint density at radius 3 is 2.00 bits per heavy atom. The van der Waals surface area contributed by atoms with E-state index in [2.05, 4.69) is 0 Å². The minimum Gasteiger partial charge on any atom is -0.457 e. The Labute approximate surface area is 123 Å². The molecule has 1 atom stereocenters. The Kier molecular flexibility index (Phi) is 6.42. The van der Waals surface area contributed by atoms with Crippen LogP contribution in [0.2, 0.25) is 0 Å². The monoisotopic (exact) mass is 299 g/mol. The van der Waals surface area contributed by atoms with Crippen LogP contribution in [0, 0.1) is 0 Å². The maximum absolute atomic E-state index is 12.2. The molecular weight excluding hydrogens is 284 g/mol. The second-order valence-corrected chi connectivity index (χ2v) is 4.22. The van der Waals surface area contributed by atoms with Gasteiger partial charge in [0, 0.05) is 12.5 Å². The lowest BCUT2D eigenvalue weighted by Gasteiger charge is -2.12. The van der Waals surface area contributed by atoms with Gasteiger partial charge in [-0.3, -0.25) is 0 Å². The van der Waals surface area contributed by atoms with Crippen LogP contribution in [0.3, 0.4) is 0 Å². The maximum Gasteiger partial charge on any atom is 0.240 e. The third-order valence-corrected chi connectivity index (χ3v) is 2.72. The summed E-state index contributed by atoms with van der Waals surface area (Å²) in [4.78, 5) is 0. The summed E-state index contributed by atoms with van der Waals surface area (Å²) in [6.45, 7) is 0. The molecule has 2 aromatic rings. The number of nitrogens with two attached hydrogens (primary N) is 1. The van der Waals surface area contributed by atoms with Gasteiger partial charge in [0.25, 0.3) is 0 Å². The van der Waals surface area contributed by atoms with Crippen LogP contribution in [-0.4, -0.2) is 6.43 Å². The topological polar surface area (TPSA) is 35.2 Å². The summed E-state index contributed by atoms with van der Waals surface area (Å²) in [7, 11) is 0. The molecule has 108 valence electrons. The van der Waals surface area contributed by atoms with Gasteiger partial charge in [-0.1, -0.05) is 30.3 Å². The summed E-state index contributed by atoms with van der Waals surface area (Å²) in [6, 6.07) is 15.6. The number of hydrogen-bond donors (Lipinski definition) is 1. The van der Waals surface area contributed by atoms with Crippen molar-refractivity contribution in [3.8, 4) is 11.5 Å². The molecule has 0 saturated heterocycles. The first-order chi connectivity index (χ1) is 9.15. The van der Waals surface area contributed by atoms with Gasteiger partial charge in [-0.05, 0) is 29.8 Å². The number of alkyl halides is 2. The van der Waals surface area contributed by atoms with Crippen LogP contribution in [0.1, 0.15) is 18.0 Å². The van der Waals surface area contributed by atoms with Crippen molar-refractivity contribution < 1.29 is 13.5 Å². The van der Waals surface area contributed by atoms with E-state index in [4.69, 9.17) is 10.5 Å². The Balaban J connectivity index is 0.00000200. The molecule has 0 saturated carbocycles. The van der Waals surface area contributed by atoms with E-state index in [1.54, 1.807) is 24.3 Å². The zero-order chi connectivity index (χ0) is 13.7. The van der Waals surface area contributed by atoms with Crippen molar-refractivity contribution in [3.05, 3.63) is 60.2 Å². The van der Waals surface area contributed by atoms with Gasteiger partial charge in [-0.15, -0.1) is 12.4 Å². The minimum absolute atomic E-state index is 0. The molecule has 0 bridgehead atoms.